The first-order valence-corrected chi connectivity index (χ1v) is 10.7. The topological polar surface area (TPSA) is 103 Å². The van der Waals surface area contributed by atoms with Crippen LogP contribution in [0, 0.1) is 23.7 Å². The van der Waals surface area contributed by atoms with Gasteiger partial charge in [-0.3, -0.25) is 4.79 Å². The summed E-state index contributed by atoms with van der Waals surface area (Å²) in [4.78, 5) is 25.3. The summed E-state index contributed by atoms with van der Waals surface area (Å²) in [5.74, 6) is 0.744. The highest BCUT2D eigenvalue weighted by molar-refractivity contribution is 5.90. The normalized spacial score (nSPS) is 25.2. The van der Waals surface area contributed by atoms with Gasteiger partial charge in [0.25, 0.3) is 0 Å². The molecular weight excluding hydrogens is 439 g/mol. The first kappa shape index (κ1) is 24.4. The van der Waals surface area contributed by atoms with Crippen LogP contribution in [0.2, 0.25) is 0 Å². The van der Waals surface area contributed by atoms with Gasteiger partial charge in [0.05, 0.1) is 35.9 Å². The number of amides is 1. The molecule has 2 aliphatic rings. The lowest BCUT2D eigenvalue weighted by atomic mass is 9.93. The molecule has 0 spiro atoms. The summed E-state index contributed by atoms with van der Waals surface area (Å²) in [7, 11) is 0. The number of carboxylic acid groups (broad SMARTS) is 1. The molecule has 2 atom stereocenters. The minimum atomic E-state index is -4.77. The van der Waals surface area contributed by atoms with Crippen LogP contribution in [0.25, 0.3) is 0 Å². The molecule has 7 nitrogen and oxygen atoms in total. The van der Waals surface area contributed by atoms with Gasteiger partial charge in [0.1, 0.15) is 11.8 Å². The van der Waals surface area contributed by atoms with E-state index in [-0.39, 0.29) is 36.4 Å². The summed E-state index contributed by atoms with van der Waals surface area (Å²) in [6, 6.07) is 4.02. The van der Waals surface area contributed by atoms with E-state index in [0.717, 1.165) is 12.1 Å². The first-order valence-electron chi connectivity index (χ1n) is 10.7. The number of carbonyl (C=O) groups is 2. The molecule has 1 amide bonds. The van der Waals surface area contributed by atoms with Crippen LogP contribution in [-0.4, -0.2) is 52.7 Å². The maximum Gasteiger partial charge on any atom is 0.417 e. The fourth-order valence-corrected chi connectivity index (χ4v) is 4.37. The molecule has 10 heteroatoms. The maximum atomic E-state index is 13.0. The third-order valence-corrected chi connectivity index (χ3v) is 6.06. The average molecular weight is 463 g/mol. The summed E-state index contributed by atoms with van der Waals surface area (Å²) < 4.78 is 44.7. The average Bonchev–Trinajstić information content (AvgIpc) is 3.21. The van der Waals surface area contributed by atoms with Gasteiger partial charge in [-0.2, -0.15) is 18.4 Å². The van der Waals surface area contributed by atoms with Crippen molar-refractivity contribution in [3.8, 4) is 24.2 Å². The van der Waals surface area contributed by atoms with E-state index in [1.54, 1.807) is 0 Å². The Morgan fingerprint density at radius 3 is 2.42 bits per heavy atom. The summed E-state index contributed by atoms with van der Waals surface area (Å²) in [6.45, 7) is 0.0629. The molecule has 1 aliphatic carbocycles. The largest absolute Gasteiger partial charge is 0.490 e. The number of terminal acetylenes is 1. The summed E-state index contributed by atoms with van der Waals surface area (Å²) in [5, 5.41) is 21.5. The molecule has 1 aliphatic heterocycles. The number of nitriles is 1. The SMILES string of the molecule is C#C[C@H]1CC[C@@H](C#N)N1C(=O)CNC1CCC(Oc2ccc(C(F)(F)F)c(C(=O)O)c2)CC1. The number of hydrogen-bond donors (Lipinski definition) is 2. The molecule has 2 fully saturated rings. The van der Waals surface area contributed by atoms with Crippen LogP contribution in [0.3, 0.4) is 0 Å². The number of rotatable bonds is 6. The Labute approximate surface area is 189 Å². The molecule has 1 aromatic carbocycles. The van der Waals surface area contributed by atoms with Crippen LogP contribution in [0.4, 0.5) is 13.2 Å². The monoisotopic (exact) mass is 463 g/mol. The van der Waals surface area contributed by atoms with Gasteiger partial charge in [-0.05, 0) is 56.7 Å². The summed E-state index contributed by atoms with van der Waals surface area (Å²) in [6.07, 6.45) is 4.13. The predicted octanol–water partition coefficient (Wildman–Crippen LogP) is 3.20. The molecule has 1 heterocycles. The van der Waals surface area contributed by atoms with Crippen LogP contribution in [-0.2, 0) is 11.0 Å². The molecule has 176 valence electrons. The van der Waals surface area contributed by atoms with E-state index < -0.39 is 29.3 Å². The third-order valence-electron chi connectivity index (χ3n) is 6.06. The lowest BCUT2D eigenvalue weighted by Crippen LogP contribution is -2.47. The van der Waals surface area contributed by atoms with Crippen molar-refractivity contribution in [1.82, 2.24) is 10.2 Å². The van der Waals surface area contributed by atoms with Crippen molar-refractivity contribution in [2.45, 2.75) is 68.9 Å². The molecule has 1 saturated heterocycles. The van der Waals surface area contributed by atoms with Crippen LogP contribution < -0.4 is 10.1 Å². The second-order valence-electron chi connectivity index (χ2n) is 8.19. The lowest BCUT2D eigenvalue weighted by Gasteiger charge is -2.31. The molecule has 0 aromatic heterocycles. The number of halogens is 3. The van der Waals surface area contributed by atoms with Crippen LogP contribution in [0.1, 0.15) is 54.4 Å². The molecule has 0 unspecified atom stereocenters. The smallest absolute Gasteiger partial charge is 0.417 e. The number of nitrogens with one attached hydrogen (secondary N) is 1. The highest BCUT2D eigenvalue weighted by atomic mass is 19.4. The van der Waals surface area contributed by atoms with Crippen molar-refractivity contribution in [3.05, 3.63) is 29.3 Å². The Morgan fingerprint density at radius 1 is 1.18 bits per heavy atom. The van der Waals surface area contributed by atoms with E-state index in [4.69, 9.17) is 16.3 Å². The number of carbonyl (C=O) groups excluding carboxylic acids is 1. The van der Waals surface area contributed by atoms with Crippen molar-refractivity contribution in [2.75, 3.05) is 6.54 Å². The predicted molar refractivity (Wildman–Crippen MR) is 111 cm³/mol. The maximum absolute atomic E-state index is 13.0. The van der Waals surface area contributed by atoms with Gasteiger partial charge < -0.3 is 20.1 Å². The Kier molecular flexibility index (Phi) is 7.50. The van der Waals surface area contributed by atoms with Crippen LogP contribution in [0.5, 0.6) is 5.75 Å². The number of likely N-dealkylation sites (tertiary alicyclic amines) is 1. The molecule has 2 N–H and O–H groups in total. The quantitative estimate of drug-likeness (QED) is 0.629. The zero-order chi connectivity index (χ0) is 24.2. The minimum absolute atomic E-state index is 0.0448. The van der Waals surface area contributed by atoms with Gasteiger partial charge in [0, 0.05) is 6.04 Å². The van der Waals surface area contributed by atoms with Gasteiger partial charge in [0.15, 0.2) is 0 Å². The second-order valence-corrected chi connectivity index (χ2v) is 8.19. The molecular formula is C23H24F3N3O4. The van der Waals surface area contributed by atoms with Crippen molar-refractivity contribution in [2.24, 2.45) is 0 Å². The van der Waals surface area contributed by atoms with Gasteiger partial charge in [0.2, 0.25) is 5.91 Å². The van der Waals surface area contributed by atoms with Gasteiger partial charge >= 0.3 is 12.1 Å². The zero-order valence-corrected chi connectivity index (χ0v) is 17.8. The molecule has 33 heavy (non-hydrogen) atoms. The minimum Gasteiger partial charge on any atom is -0.490 e. The Hall–Kier alpha value is -3.24. The standard InChI is InChI=1S/C23H24F3N3O4/c1-2-15-5-6-16(12-27)29(15)21(30)13-28-14-3-7-17(8-4-14)33-18-9-10-20(23(24,25)26)19(11-18)22(31)32/h1,9-11,14-17,28H,3-8,13H2,(H,31,32)/t14?,15-,16-,17?/m0/s1. The fourth-order valence-electron chi connectivity index (χ4n) is 4.37. The zero-order valence-electron chi connectivity index (χ0n) is 17.8. The number of nitrogens with zero attached hydrogens (tertiary/aromatic N) is 2. The number of aromatic carboxylic acids is 1. The molecule has 0 radical (unpaired) electrons. The highest BCUT2D eigenvalue weighted by Crippen LogP contribution is 2.34. The first-order chi connectivity index (χ1) is 15.6. The van der Waals surface area contributed by atoms with E-state index in [1.807, 2.05) is 0 Å². The third kappa shape index (κ3) is 5.77. The fraction of sp³-hybridized carbons (Fsp3) is 0.522. The Balaban J connectivity index is 1.51. The summed E-state index contributed by atoms with van der Waals surface area (Å²) >= 11 is 0. The van der Waals surface area contributed by atoms with E-state index in [0.29, 0.717) is 44.6 Å². The van der Waals surface area contributed by atoms with E-state index in [1.165, 1.54) is 4.90 Å². The number of carboxylic acids is 1. The molecule has 1 aromatic rings. The van der Waals surface area contributed by atoms with E-state index in [2.05, 4.69) is 17.3 Å². The Bertz CT molecular complexity index is 953. The second kappa shape index (κ2) is 10.1. The van der Waals surface area contributed by atoms with Crippen molar-refractivity contribution < 1.29 is 32.6 Å². The van der Waals surface area contributed by atoms with Gasteiger partial charge in [-0.15, -0.1) is 6.42 Å². The summed E-state index contributed by atoms with van der Waals surface area (Å²) in [5.41, 5.74) is -2.07. The lowest BCUT2D eigenvalue weighted by molar-refractivity contribution is -0.138. The number of hydrogen-bond acceptors (Lipinski definition) is 5. The number of benzene rings is 1. The van der Waals surface area contributed by atoms with Crippen LogP contribution >= 0.6 is 0 Å². The highest BCUT2D eigenvalue weighted by Gasteiger charge is 2.37. The molecule has 1 saturated carbocycles. The molecule has 0 bridgehead atoms. The number of ether oxygens (including phenoxy) is 1. The van der Waals surface area contributed by atoms with E-state index in [9.17, 15) is 28.0 Å². The number of alkyl halides is 3. The van der Waals surface area contributed by atoms with Crippen LogP contribution in [0.15, 0.2) is 18.2 Å². The Morgan fingerprint density at radius 2 is 1.85 bits per heavy atom. The van der Waals surface area contributed by atoms with E-state index >= 15 is 0 Å². The van der Waals surface area contributed by atoms with Crippen molar-refractivity contribution >= 4 is 11.9 Å². The van der Waals surface area contributed by atoms with Crippen molar-refractivity contribution in [1.29, 1.82) is 5.26 Å². The van der Waals surface area contributed by atoms with Crippen molar-refractivity contribution in [3.63, 3.8) is 0 Å². The molecule has 3 rings (SSSR count). The van der Waals surface area contributed by atoms with Gasteiger partial charge in [-0.25, -0.2) is 4.79 Å². The van der Waals surface area contributed by atoms with Gasteiger partial charge in [-0.1, -0.05) is 5.92 Å².